The number of aryl methyl sites for hydroxylation is 3. The van der Waals surface area contributed by atoms with Crippen molar-refractivity contribution in [2.24, 2.45) is 0 Å². The van der Waals surface area contributed by atoms with E-state index in [9.17, 15) is 4.79 Å². The lowest BCUT2D eigenvalue weighted by Gasteiger charge is -2.21. The minimum absolute atomic E-state index is 0.00275. The van der Waals surface area contributed by atoms with Gasteiger partial charge in [0.25, 0.3) is 5.91 Å². The Morgan fingerprint density at radius 2 is 2.30 bits per heavy atom. The van der Waals surface area contributed by atoms with Crippen molar-refractivity contribution in [1.29, 1.82) is 0 Å². The van der Waals surface area contributed by atoms with Crippen LogP contribution in [0, 0.1) is 6.92 Å². The van der Waals surface area contributed by atoms with E-state index in [0.29, 0.717) is 24.7 Å². The van der Waals surface area contributed by atoms with Crippen LogP contribution in [0.5, 0.6) is 0 Å². The fourth-order valence-electron chi connectivity index (χ4n) is 3.45. The maximum Gasteiger partial charge on any atom is 0.264 e. The molecule has 2 aromatic heterocycles. The Balaban J connectivity index is 1.62. The van der Waals surface area contributed by atoms with Gasteiger partial charge in [0.1, 0.15) is 6.04 Å². The van der Waals surface area contributed by atoms with Crippen LogP contribution >= 0.6 is 11.3 Å². The average Bonchev–Trinajstić information content (AvgIpc) is 3.28. The van der Waals surface area contributed by atoms with E-state index in [1.807, 2.05) is 4.90 Å². The topological polar surface area (TPSA) is 68.5 Å². The van der Waals surface area contributed by atoms with Gasteiger partial charge < -0.3 is 14.1 Å². The molecular formula is C16H19N3O3S. The van der Waals surface area contributed by atoms with Crippen LogP contribution in [0.1, 0.15) is 50.8 Å². The molecule has 1 amide bonds. The standard InChI is InChI=1S/C16H19N3O3S/c1-9-17-18-15(22-9)12-7-11(21-2)8-19(12)16(20)14-6-10-4-3-5-13(10)23-14/h6,11-12H,3-5,7-8H2,1-2H3/t11-,12+/m0/s1. The molecule has 4 rings (SSSR count). The Hall–Kier alpha value is -1.73. The molecule has 7 heteroatoms. The Morgan fingerprint density at radius 1 is 1.43 bits per heavy atom. The van der Waals surface area contributed by atoms with Crippen molar-refractivity contribution in [3.05, 3.63) is 33.2 Å². The quantitative estimate of drug-likeness (QED) is 0.863. The molecule has 0 N–H and O–H groups in total. The summed E-state index contributed by atoms with van der Waals surface area (Å²) in [7, 11) is 1.68. The third-order valence-electron chi connectivity index (χ3n) is 4.64. The summed E-state index contributed by atoms with van der Waals surface area (Å²) in [6, 6.07) is 1.86. The Labute approximate surface area is 138 Å². The lowest BCUT2D eigenvalue weighted by Crippen LogP contribution is -2.31. The molecule has 6 nitrogen and oxygen atoms in total. The molecule has 3 heterocycles. The number of methoxy groups -OCH3 is 1. The molecule has 2 aromatic rings. The van der Waals surface area contributed by atoms with Gasteiger partial charge in [-0.2, -0.15) is 0 Å². The Kier molecular flexibility index (Phi) is 3.69. The van der Waals surface area contributed by atoms with Gasteiger partial charge in [0.15, 0.2) is 0 Å². The number of hydrogen-bond acceptors (Lipinski definition) is 6. The smallest absolute Gasteiger partial charge is 0.264 e. The average molecular weight is 333 g/mol. The van der Waals surface area contributed by atoms with Crippen LogP contribution in [0.2, 0.25) is 0 Å². The molecule has 1 aliphatic heterocycles. The van der Waals surface area contributed by atoms with Gasteiger partial charge in [0, 0.05) is 31.9 Å². The van der Waals surface area contributed by atoms with Gasteiger partial charge in [0.2, 0.25) is 11.8 Å². The zero-order valence-electron chi connectivity index (χ0n) is 13.2. The monoisotopic (exact) mass is 333 g/mol. The second-order valence-corrected chi connectivity index (χ2v) is 7.28. The van der Waals surface area contributed by atoms with Gasteiger partial charge in [-0.1, -0.05) is 0 Å². The van der Waals surface area contributed by atoms with Crippen LogP contribution in [0.4, 0.5) is 0 Å². The number of fused-ring (bicyclic) bond motifs is 1. The molecule has 1 fully saturated rings. The van der Waals surface area contributed by atoms with Gasteiger partial charge in [-0.15, -0.1) is 21.5 Å². The summed E-state index contributed by atoms with van der Waals surface area (Å²) in [5.41, 5.74) is 1.34. The normalized spacial score (nSPS) is 23.5. The summed E-state index contributed by atoms with van der Waals surface area (Å²) >= 11 is 1.63. The lowest BCUT2D eigenvalue weighted by atomic mass is 10.2. The van der Waals surface area contributed by atoms with Crippen molar-refractivity contribution in [2.75, 3.05) is 13.7 Å². The van der Waals surface area contributed by atoms with Crippen LogP contribution in [0.15, 0.2) is 10.5 Å². The van der Waals surface area contributed by atoms with Gasteiger partial charge in [-0.25, -0.2) is 0 Å². The zero-order chi connectivity index (χ0) is 16.0. The largest absolute Gasteiger partial charge is 0.423 e. The number of ether oxygens (including phenoxy) is 1. The van der Waals surface area contributed by atoms with E-state index in [1.165, 1.54) is 16.9 Å². The fourth-order valence-corrected chi connectivity index (χ4v) is 4.66. The number of hydrogen-bond donors (Lipinski definition) is 0. The highest BCUT2D eigenvalue weighted by atomic mass is 32.1. The molecule has 1 aliphatic carbocycles. The maximum absolute atomic E-state index is 13.0. The first-order valence-corrected chi connectivity index (χ1v) is 8.72. The predicted molar refractivity (Wildman–Crippen MR) is 84.6 cm³/mol. The van der Waals surface area contributed by atoms with Gasteiger partial charge in [-0.05, 0) is 30.9 Å². The fraction of sp³-hybridized carbons (Fsp3) is 0.562. The highest BCUT2D eigenvalue weighted by Crippen LogP contribution is 2.37. The van der Waals surface area contributed by atoms with Crippen LogP contribution in [-0.2, 0) is 17.6 Å². The summed E-state index contributed by atoms with van der Waals surface area (Å²) in [4.78, 5) is 17.0. The SMILES string of the molecule is CO[C@H]1C[C@H](c2nnc(C)o2)N(C(=O)c2cc3c(s2)CCC3)C1. The summed E-state index contributed by atoms with van der Waals surface area (Å²) in [5, 5.41) is 8.01. The molecule has 0 saturated carbocycles. The third-order valence-corrected chi connectivity index (χ3v) is 5.87. The van der Waals surface area contributed by atoms with E-state index < -0.39 is 0 Å². The molecule has 0 bridgehead atoms. The van der Waals surface area contributed by atoms with Gasteiger partial charge >= 0.3 is 0 Å². The van der Waals surface area contributed by atoms with E-state index in [-0.39, 0.29) is 18.1 Å². The lowest BCUT2D eigenvalue weighted by molar-refractivity contribution is 0.0678. The number of amides is 1. The summed E-state index contributed by atoms with van der Waals surface area (Å²) < 4.78 is 11.0. The van der Waals surface area contributed by atoms with E-state index in [1.54, 1.807) is 25.4 Å². The molecule has 0 unspecified atom stereocenters. The van der Waals surface area contributed by atoms with E-state index in [2.05, 4.69) is 16.3 Å². The number of carbonyl (C=O) groups excluding carboxylic acids is 1. The van der Waals surface area contributed by atoms with Crippen LogP contribution in [0.3, 0.4) is 0 Å². The highest BCUT2D eigenvalue weighted by Gasteiger charge is 2.40. The van der Waals surface area contributed by atoms with Crippen LogP contribution < -0.4 is 0 Å². The molecule has 0 radical (unpaired) electrons. The van der Waals surface area contributed by atoms with Crippen molar-refractivity contribution in [3.63, 3.8) is 0 Å². The molecule has 122 valence electrons. The van der Waals surface area contributed by atoms with Crippen molar-refractivity contribution in [2.45, 2.75) is 44.8 Å². The van der Waals surface area contributed by atoms with Crippen molar-refractivity contribution < 1.29 is 13.9 Å². The molecule has 1 saturated heterocycles. The van der Waals surface area contributed by atoms with Crippen molar-refractivity contribution >= 4 is 17.2 Å². The first kappa shape index (κ1) is 14.8. The first-order chi connectivity index (χ1) is 11.2. The molecule has 2 aliphatic rings. The first-order valence-electron chi connectivity index (χ1n) is 7.91. The number of likely N-dealkylation sites (tertiary alicyclic amines) is 1. The number of thiophene rings is 1. The number of aromatic nitrogens is 2. The summed E-state index contributed by atoms with van der Waals surface area (Å²) in [5.74, 6) is 1.06. The number of carbonyl (C=O) groups is 1. The van der Waals surface area contributed by atoms with Crippen LogP contribution in [-0.4, -0.2) is 40.8 Å². The Morgan fingerprint density at radius 3 is 3.00 bits per heavy atom. The van der Waals surface area contributed by atoms with E-state index in [4.69, 9.17) is 9.15 Å². The van der Waals surface area contributed by atoms with E-state index in [0.717, 1.165) is 17.7 Å². The zero-order valence-corrected chi connectivity index (χ0v) is 14.1. The molecule has 0 aromatic carbocycles. The molecular weight excluding hydrogens is 314 g/mol. The predicted octanol–water partition coefficient (Wildman–Crippen LogP) is 2.53. The number of nitrogens with zero attached hydrogens (tertiary/aromatic N) is 3. The van der Waals surface area contributed by atoms with Gasteiger partial charge in [-0.3, -0.25) is 4.79 Å². The molecule has 0 spiro atoms. The summed E-state index contributed by atoms with van der Waals surface area (Å²) in [6.45, 7) is 2.32. The number of rotatable bonds is 3. The second-order valence-electron chi connectivity index (χ2n) is 6.14. The van der Waals surface area contributed by atoms with Crippen LogP contribution in [0.25, 0.3) is 0 Å². The van der Waals surface area contributed by atoms with Crippen molar-refractivity contribution in [1.82, 2.24) is 15.1 Å². The maximum atomic E-state index is 13.0. The van der Waals surface area contributed by atoms with Gasteiger partial charge in [0.05, 0.1) is 11.0 Å². The third kappa shape index (κ3) is 2.57. The Bertz CT molecular complexity index is 717. The summed E-state index contributed by atoms with van der Waals surface area (Å²) in [6.07, 6.45) is 4.08. The minimum atomic E-state index is -0.203. The second kappa shape index (κ2) is 5.72. The molecule has 2 atom stereocenters. The van der Waals surface area contributed by atoms with Crippen molar-refractivity contribution in [3.8, 4) is 0 Å². The highest BCUT2D eigenvalue weighted by molar-refractivity contribution is 7.14. The van der Waals surface area contributed by atoms with E-state index >= 15 is 0 Å². The molecule has 23 heavy (non-hydrogen) atoms. The minimum Gasteiger partial charge on any atom is -0.423 e.